The van der Waals surface area contributed by atoms with Crippen molar-refractivity contribution in [1.82, 2.24) is 14.7 Å². The molecule has 41 heavy (non-hydrogen) atoms. The maximum atomic E-state index is 13.9. The Morgan fingerprint density at radius 2 is 1.63 bits per heavy atom. The summed E-state index contributed by atoms with van der Waals surface area (Å²) in [5.74, 6) is -3.27. The van der Waals surface area contributed by atoms with Gasteiger partial charge in [0.2, 0.25) is 5.91 Å². The van der Waals surface area contributed by atoms with Crippen LogP contribution in [0.5, 0.6) is 0 Å². The molecule has 0 saturated heterocycles. The first-order chi connectivity index (χ1) is 19.1. The van der Waals surface area contributed by atoms with E-state index in [4.69, 9.17) is 0 Å². The van der Waals surface area contributed by atoms with Crippen LogP contribution in [0.3, 0.4) is 0 Å². The number of rotatable bonds is 6. The quantitative estimate of drug-likeness (QED) is 0.442. The van der Waals surface area contributed by atoms with Gasteiger partial charge in [0.15, 0.2) is 5.69 Å². The summed E-state index contributed by atoms with van der Waals surface area (Å²) in [6.07, 6.45) is -10.3. The molecule has 0 radical (unpaired) electrons. The Morgan fingerprint density at radius 1 is 0.976 bits per heavy atom. The van der Waals surface area contributed by atoms with E-state index in [-0.39, 0.29) is 42.4 Å². The third kappa shape index (κ3) is 6.19. The van der Waals surface area contributed by atoms with Crippen molar-refractivity contribution in [3.8, 4) is 5.69 Å². The highest BCUT2D eigenvalue weighted by atomic mass is 19.4. The van der Waals surface area contributed by atoms with Gasteiger partial charge in [-0.1, -0.05) is 6.07 Å². The lowest BCUT2D eigenvalue weighted by Gasteiger charge is -2.28. The number of fused-ring (bicyclic) bond motifs is 1. The molecule has 3 aromatic rings. The standard InChI is InChI=1S/C26H24F6N6O3/c1-35(2)14-20(39)36(3)16-7-9-17(10-8-16)37-12-11-19-21(23(37)40)38(34-22(19)25(27,28)29)18-6-4-5-15(13-18)33-24(41)26(30,31)32/h4-10,13H,11-12,14H2,1-3H3,(H,33,41). The maximum absolute atomic E-state index is 13.9. The second-order valence-corrected chi connectivity index (χ2v) is 9.50. The van der Waals surface area contributed by atoms with Gasteiger partial charge in [-0.25, -0.2) is 4.68 Å². The SMILES string of the molecule is CN(C)CC(=O)N(C)c1ccc(N2CCc3c(C(F)(F)F)nn(-c4cccc(NC(=O)C(F)(F)F)c4)c3C2=O)cc1. The number of alkyl halides is 6. The fourth-order valence-electron chi connectivity index (χ4n) is 4.31. The third-order valence-electron chi connectivity index (χ3n) is 6.27. The number of likely N-dealkylation sites (N-methyl/N-ethyl adjacent to an activating group) is 2. The Morgan fingerprint density at radius 3 is 2.22 bits per heavy atom. The number of anilines is 3. The molecule has 0 bridgehead atoms. The molecule has 9 nitrogen and oxygen atoms in total. The minimum Gasteiger partial charge on any atom is -0.318 e. The fourth-order valence-corrected chi connectivity index (χ4v) is 4.31. The summed E-state index contributed by atoms with van der Waals surface area (Å²) in [6.45, 7) is 0.0648. The van der Waals surface area contributed by atoms with Crippen LogP contribution in [0, 0.1) is 0 Å². The van der Waals surface area contributed by atoms with Gasteiger partial charge >= 0.3 is 18.3 Å². The van der Waals surface area contributed by atoms with Crippen molar-refractivity contribution < 1.29 is 40.7 Å². The average Bonchev–Trinajstić information content (AvgIpc) is 3.29. The van der Waals surface area contributed by atoms with Gasteiger partial charge in [-0.05, 0) is 63.0 Å². The monoisotopic (exact) mass is 582 g/mol. The Hall–Kier alpha value is -4.40. The molecule has 0 spiro atoms. The molecule has 0 saturated carbocycles. The molecule has 2 aromatic carbocycles. The van der Waals surface area contributed by atoms with E-state index in [2.05, 4.69) is 5.10 Å². The molecule has 1 N–H and O–H groups in total. The lowest BCUT2D eigenvalue weighted by atomic mass is 10.0. The molecule has 3 amide bonds. The summed E-state index contributed by atoms with van der Waals surface area (Å²) in [5, 5.41) is 5.26. The normalized spacial score (nSPS) is 13.8. The van der Waals surface area contributed by atoms with Crippen LogP contribution in [0.2, 0.25) is 0 Å². The zero-order chi connectivity index (χ0) is 30.3. The van der Waals surface area contributed by atoms with E-state index in [1.54, 1.807) is 55.6 Å². The molecule has 1 aromatic heterocycles. The van der Waals surface area contributed by atoms with E-state index >= 15 is 0 Å². The van der Waals surface area contributed by atoms with E-state index in [1.807, 2.05) is 0 Å². The number of halogens is 6. The van der Waals surface area contributed by atoms with Gasteiger partial charge in [0.05, 0.1) is 12.2 Å². The highest BCUT2D eigenvalue weighted by Crippen LogP contribution is 2.37. The smallest absolute Gasteiger partial charge is 0.318 e. The van der Waals surface area contributed by atoms with Crippen LogP contribution >= 0.6 is 0 Å². The molecule has 218 valence electrons. The van der Waals surface area contributed by atoms with Gasteiger partial charge in [-0.3, -0.25) is 14.4 Å². The minimum absolute atomic E-state index is 0.100. The Bertz CT molecular complexity index is 1480. The number of hydrogen-bond donors (Lipinski definition) is 1. The van der Waals surface area contributed by atoms with E-state index in [9.17, 15) is 40.7 Å². The molecule has 1 aliphatic heterocycles. The van der Waals surface area contributed by atoms with Gasteiger partial charge in [-0.2, -0.15) is 31.4 Å². The number of hydrogen-bond acceptors (Lipinski definition) is 5. The number of amides is 3. The van der Waals surface area contributed by atoms with Crippen molar-refractivity contribution in [3.05, 3.63) is 65.5 Å². The van der Waals surface area contributed by atoms with Crippen molar-refractivity contribution in [2.45, 2.75) is 18.8 Å². The predicted octanol–water partition coefficient (Wildman–Crippen LogP) is 4.12. The lowest BCUT2D eigenvalue weighted by molar-refractivity contribution is -0.167. The second kappa shape index (κ2) is 10.9. The molecular formula is C26H24F6N6O3. The molecule has 2 heterocycles. The van der Waals surface area contributed by atoms with Gasteiger partial charge in [0, 0.05) is 36.2 Å². The Kier molecular flexibility index (Phi) is 7.85. The summed E-state index contributed by atoms with van der Waals surface area (Å²) in [6, 6.07) is 10.8. The van der Waals surface area contributed by atoms with E-state index in [1.165, 1.54) is 21.9 Å². The zero-order valence-corrected chi connectivity index (χ0v) is 22.0. The van der Waals surface area contributed by atoms with Crippen LogP contribution in [-0.2, 0) is 22.2 Å². The van der Waals surface area contributed by atoms with Gasteiger partial charge in [0.1, 0.15) is 5.69 Å². The van der Waals surface area contributed by atoms with Crippen molar-refractivity contribution in [1.29, 1.82) is 0 Å². The van der Waals surface area contributed by atoms with Crippen LogP contribution in [0.4, 0.5) is 43.4 Å². The first-order valence-electron chi connectivity index (χ1n) is 12.1. The van der Waals surface area contributed by atoms with Gasteiger partial charge < -0.3 is 20.0 Å². The van der Waals surface area contributed by atoms with Crippen molar-refractivity contribution in [3.63, 3.8) is 0 Å². The van der Waals surface area contributed by atoms with Gasteiger partial charge in [0.25, 0.3) is 5.91 Å². The van der Waals surface area contributed by atoms with E-state index < -0.39 is 35.6 Å². The summed E-state index contributed by atoms with van der Waals surface area (Å²) in [5.41, 5.74) is -1.69. The molecule has 0 fully saturated rings. The summed E-state index contributed by atoms with van der Waals surface area (Å²) < 4.78 is 80.5. The number of nitrogens with one attached hydrogen (secondary N) is 1. The molecule has 4 rings (SSSR count). The largest absolute Gasteiger partial charge is 0.471 e. The first-order valence-corrected chi connectivity index (χ1v) is 12.1. The minimum atomic E-state index is -5.19. The summed E-state index contributed by atoms with van der Waals surface area (Å²) >= 11 is 0. The van der Waals surface area contributed by atoms with E-state index in [0.717, 1.165) is 16.8 Å². The fraction of sp³-hybridized carbons (Fsp3) is 0.308. The molecule has 0 atom stereocenters. The van der Waals surface area contributed by atoms with Crippen LogP contribution in [0.25, 0.3) is 5.69 Å². The second-order valence-electron chi connectivity index (χ2n) is 9.50. The van der Waals surface area contributed by atoms with Crippen LogP contribution in [0.15, 0.2) is 48.5 Å². The van der Waals surface area contributed by atoms with Crippen LogP contribution < -0.4 is 15.1 Å². The van der Waals surface area contributed by atoms with Crippen molar-refractivity contribution in [2.24, 2.45) is 0 Å². The summed E-state index contributed by atoms with van der Waals surface area (Å²) in [7, 11) is 5.07. The predicted molar refractivity (Wildman–Crippen MR) is 137 cm³/mol. The van der Waals surface area contributed by atoms with Crippen molar-refractivity contribution in [2.75, 3.05) is 49.3 Å². The highest BCUT2D eigenvalue weighted by Gasteiger charge is 2.43. The summed E-state index contributed by atoms with van der Waals surface area (Å²) in [4.78, 5) is 41.7. The Labute approximate surface area is 229 Å². The number of benzene rings is 2. The molecule has 15 heteroatoms. The van der Waals surface area contributed by atoms with Crippen molar-refractivity contribution >= 4 is 34.8 Å². The van der Waals surface area contributed by atoms with Crippen LogP contribution in [-0.4, -0.2) is 72.8 Å². The number of carbonyl (C=O) groups is 3. The molecule has 1 aliphatic rings. The molecule has 0 unspecified atom stereocenters. The topological polar surface area (TPSA) is 90.8 Å². The number of carbonyl (C=O) groups excluding carboxylic acids is 3. The highest BCUT2D eigenvalue weighted by molar-refractivity contribution is 6.08. The van der Waals surface area contributed by atoms with Gasteiger partial charge in [-0.15, -0.1) is 0 Å². The van der Waals surface area contributed by atoms with Crippen LogP contribution in [0.1, 0.15) is 21.7 Å². The maximum Gasteiger partial charge on any atom is 0.471 e. The number of aromatic nitrogens is 2. The molecular weight excluding hydrogens is 558 g/mol. The number of nitrogens with zero attached hydrogens (tertiary/aromatic N) is 5. The van der Waals surface area contributed by atoms with E-state index in [0.29, 0.717) is 11.4 Å². The Balaban J connectivity index is 1.70. The molecule has 0 aliphatic carbocycles. The first kappa shape index (κ1) is 29.6. The average molecular weight is 583 g/mol. The zero-order valence-electron chi connectivity index (χ0n) is 22.0. The third-order valence-corrected chi connectivity index (χ3v) is 6.27. The lowest BCUT2D eigenvalue weighted by Crippen LogP contribution is -2.39.